The van der Waals surface area contributed by atoms with Crippen LogP contribution in [-0.2, 0) is 4.79 Å². The topological polar surface area (TPSA) is 46.2 Å². The molecule has 1 N–H and O–H groups in total. The van der Waals surface area contributed by atoms with Gasteiger partial charge in [-0.1, -0.05) is 47.8 Å². The van der Waals surface area contributed by atoms with Crippen LogP contribution in [0.3, 0.4) is 0 Å². The van der Waals surface area contributed by atoms with Crippen molar-refractivity contribution in [2.24, 2.45) is 0 Å². The van der Waals surface area contributed by atoms with Crippen molar-refractivity contribution in [3.8, 4) is 0 Å². The molecule has 0 fully saturated rings. The van der Waals surface area contributed by atoms with Gasteiger partial charge in [-0.2, -0.15) is 0 Å². The number of benzene rings is 1. The van der Waals surface area contributed by atoms with E-state index in [4.69, 9.17) is 0 Å². The van der Waals surface area contributed by atoms with Crippen molar-refractivity contribution in [1.29, 1.82) is 0 Å². The first-order valence-corrected chi connectivity index (χ1v) is 6.53. The zero-order valence-electron chi connectivity index (χ0n) is 9.63. The molecule has 1 unspecified atom stereocenters. The van der Waals surface area contributed by atoms with E-state index in [1.807, 2.05) is 6.92 Å². The van der Waals surface area contributed by atoms with Crippen LogP contribution in [0.25, 0.3) is 0 Å². The van der Waals surface area contributed by atoms with Gasteiger partial charge >= 0.3 is 0 Å². The van der Waals surface area contributed by atoms with Crippen LogP contribution in [-0.4, -0.2) is 16.0 Å². The third-order valence-electron chi connectivity index (χ3n) is 3.01. The Balaban J connectivity index is 2.39. The van der Waals surface area contributed by atoms with E-state index in [0.29, 0.717) is 17.7 Å². The maximum absolute atomic E-state index is 12.3. The molecule has 0 saturated carbocycles. The molecule has 90 valence electrons. The van der Waals surface area contributed by atoms with E-state index < -0.39 is 4.32 Å². The molecule has 1 aliphatic rings. The van der Waals surface area contributed by atoms with Crippen LogP contribution in [0.2, 0.25) is 0 Å². The van der Waals surface area contributed by atoms with Gasteiger partial charge in [0.15, 0.2) is 10.1 Å². The number of Topliss-reactive ketones (excluding diaryl/α,β-unsaturated/α-hetero) is 1. The molecule has 0 aliphatic carbocycles. The lowest BCUT2D eigenvalue weighted by Crippen LogP contribution is -2.48. The summed E-state index contributed by atoms with van der Waals surface area (Å²) in [6, 6.07) is 7.11. The Morgan fingerprint density at radius 3 is 2.71 bits per heavy atom. The molecule has 1 aromatic rings. The summed E-state index contributed by atoms with van der Waals surface area (Å²) in [6.07, 6.45) is 2.32. The highest BCUT2D eigenvalue weighted by Gasteiger charge is 2.46. The molecule has 3 nitrogen and oxygen atoms in total. The zero-order valence-corrected chi connectivity index (χ0v) is 11.2. The highest BCUT2D eigenvalue weighted by Crippen LogP contribution is 2.37. The van der Waals surface area contributed by atoms with Crippen molar-refractivity contribution in [3.63, 3.8) is 0 Å². The molecule has 1 heterocycles. The monoisotopic (exact) mass is 295 g/mol. The maximum Gasteiger partial charge on any atom is 0.249 e. The SMILES string of the molecule is CCCCC1(Br)C(=O)Nc2ccccc2C1=O. The molecule has 0 aromatic heterocycles. The van der Waals surface area contributed by atoms with Crippen molar-refractivity contribution in [2.75, 3.05) is 5.32 Å². The first kappa shape index (κ1) is 12.3. The van der Waals surface area contributed by atoms with Gasteiger partial charge < -0.3 is 5.32 Å². The van der Waals surface area contributed by atoms with Crippen molar-refractivity contribution >= 4 is 33.3 Å². The normalized spacial score (nSPS) is 23.2. The van der Waals surface area contributed by atoms with Crippen LogP contribution < -0.4 is 5.32 Å². The van der Waals surface area contributed by atoms with E-state index in [1.54, 1.807) is 24.3 Å². The fourth-order valence-electron chi connectivity index (χ4n) is 1.98. The summed E-state index contributed by atoms with van der Waals surface area (Å²) in [5, 5.41) is 2.78. The molecule has 1 atom stereocenters. The average Bonchev–Trinajstić information content (AvgIpc) is 2.34. The predicted octanol–water partition coefficient (Wildman–Crippen LogP) is 3.15. The van der Waals surface area contributed by atoms with Crippen molar-refractivity contribution in [1.82, 2.24) is 0 Å². The van der Waals surface area contributed by atoms with E-state index in [0.717, 1.165) is 12.8 Å². The summed E-state index contributed by atoms with van der Waals surface area (Å²) < 4.78 is -1.09. The Morgan fingerprint density at radius 1 is 1.29 bits per heavy atom. The third kappa shape index (κ3) is 2.02. The average molecular weight is 296 g/mol. The Labute approximate surface area is 109 Å². The van der Waals surface area contributed by atoms with Gasteiger partial charge in [0.05, 0.1) is 5.69 Å². The molecule has 0 spiro atoms. The van der Waals surface area contributed by atoms with E-state index in [-0.39, 0.29) is 11.7 Å². The molecular weight excluding hydrogens is 282 g/mol. The molecule has 0 saturated heterocycles. The molecule has 1 aliphatic heterocycles. The molecule has 2 rings (SSSR count). The molecule has 0 bridgehead atoms. The van der Waals surface area contributed by atoms with Crippen LogP contribution >= 0.6 is 15.9 Å². The number of nitrogens with one attached hydrogen (secondary N) is 1. The van der Waals surface area contributed by atoms with Gasteiger partial charge in [-0.3, -0.25) is 9.59 Å². The quantitative estimate of drug-likeness (QED) is 0.688. The Hall–Kier alpha value is -1.16. The fourth-order valence-corrected chi connectivity index (χ4v) is 2.57. The molecule has 1 aromatic carbocycles. The Kier molecular flexibility index (Phi) is 3.33. The van der Waals surface area contributed by atoms with Crippen molar-refractivity contribution < 1.29 is 9.59 Å². The number of amides is 1. The number of alkyl halides is 1. The van der Waals surface area contributed by atoms with E-state index in [1.165, 1.54) is 0 Å². The highest BCUT2D eigenvalue weighted by atomic mass is 79.9. The number of carbonyl (C=O) groups excluding carboxylic acids is 2. The smallest absolute Gasteiger partial charge is 0.249 e. The minimum atomic E-state index is -1.09. The number of anilines is 1. The Morgan fingerprint density at radius 2 is 2.00 bits per heavy atom. The van der Waals surface area contributed by atoms with Crippen LogP contribution in [0.1, 0.15) is 36.5 Å². The van der Waals surface area contributed by atoms with E-state index in [2.05, 4.69) is 21.2 Å². The summed E-state index contributed by atoms with van der Waals surface area (Å²) in [6.45, 7) is 2.04. The summed E-state index contributed by atoms with van der Waals surface area (Å²) in [5.41, 5.74) is 1.19. The molecule has 1 amide bonds. The lowest BCUT2D eigenvalue weighted by Gasteiger charge is -2.30. The zero-order chi connectivity index (χ0) is 12.5. The minimum absolute atomic E-state index is 0.134. The number of para-hydroxylation sites is 1. The number of carbonyl (C=O) groups is 2. The van der Waals surface area contributed by atoms with Gasteiger partial charge in [-0.25, -0.2) is 0 Å². The number of unbranched alkanes of at least 4 members (excludes halogenated alkanes) is 1. The molecule has 17 heavy (non-hydrogen) atoms. The summed E-state index contributed by atoms with van der Waals surface area (Å²) in [4.78, 5) is 24.4. The second kappa shape index (κ2) is 4.61. The number of ketones is 1. The number of hydrogen-bond acceptors (Lipinski definition) is 2. The summed E-state index contributed by atoms with van der Waals surface area (Å²) in [7, 11) is 0. The second-order valence-corrected chi connectivity index (χ2v) is 5.59. The number of hydrogen-bond donors (Lipinski definition) is 1. The number of rotatable bonds is 3. The third-order valence-corrected chi connectivity index (χ3v) is 4.13. The number of fused-ring (bicyclic) bond motifs is 1. The van der Waals surface area contributed by atoms with Crippen LogP contribution in [0, 0.1) is 0 Å². The van der Waals surface area contributed by atoms with Gasteiger partial charge in [-0.05, 0) is 18.6 Å². The van der Waals surface area contributed by atoms with Gasteiger partial charge in [0.1, 0.15) is 0 Å². The van der Waals surface area contributed by atoms with Gasteiger partial charge in [0, 0.05) is 5.56 Å². The van der Waals surface area contributed by atoms with Crippen molar-refractivity contribution in [3.05, 3.63) is 29.8 Å². The van der Waals surface area contributed by atoms with E-state index >= 15 is 0 Å². The summed E-state index contributed by atoms with van der Waals surface area (Å²) in [5.74, 6) is -0.389. The highest BCUT2D eigenvalue weighted by molar-refractivity contribution is 9.10. The Bertz CT molecular complexity index is 472. The minimum Gasteiger partial charge on any atom is -0.324 e. The van der Waals surface area contributed by atoms with Crippen LogP contribution in [0.4, 0.5) is 5.69 Å². The number of halogens is 1. The second-order valence-electron chi connectivity index (χ2n) is 4.23. The predicted molar refractivity (Wildman–Crippen MR) is 70.6 cm³/mol. The standard InChI is InChI=1S/C13H14BrNO2/c1-2-3-8-13(14)11(16)9-6-4-5-7-10(9)15-12(13)17/h4-7H,2-3,8H2,1H3,(H,15,17). The molecule has 0 radical (unpaired) electrons. The summed E-state index contributed by atoms with van der Waals surface area (Å²) >= 11 is 3.34. The largest absolute Gasteiger partial charge is 0.324 e. The first-order valence-electron chi connectivity index (χ1n) is 5.74. The van der Waals surface area contributed by atoms with Gasteiger partial charge in [0.2, 0.25) is 5.91 Å². The molecule has 4 heteroatoms. The van der Waals surface area contributed by atoms with Gasteiger partial charge in [-0.15, -0.1) is 0 Å². The maximum atomic E-state index is 12.3. The lowest BCUT2D eigenvalue weighted by molar-refractivity contribution is -0.117. The fraction of sp³-hybridized carbons (Fsp3) is 0.385. The first-order chi connectivity index (χ1) is 8.09. The van der Waals surface area contributed by atoms with Crippen LogP contribution in [0.5, 0.6) is 0 Å². The molecular formula is C13H14BrNO2. The van der Waals surface area contributed by atoms with Crippen molar-refractivity contribution in [2.45, 2.75) is 30.5 Å². The van der Waals surface area contributed by atoms with E-state index in [9.17, 15) is 9.59 Å². The van der Waals surface area contributed by atoms with Crippen LogP contribution in [0.15, 0.2) is 24.3 Å². The van der Waals surface area contributed by atoms with Gasteiger partial charge in [0.25, 0.3) is 0 Å². The lowest BCUT2D eigenvalue weighted by atomic mass is 9.88.